The van der Waals surface area contributed by atoms with E-state index in [-0.39, 0.29) is 18.6 Å². The minimum atomic E-state index is -0.193. The van der Waals surface area contributed by atoms with E-state index in [4.69, 9.17) is 17.3 Å². The standard InChI is InChI=1S/C15H22ClN3O2/c1-18-7-5-11(6-8-18)19(9-10-20)15(21)14-12(16)3-2-4-13(14)17/h2-4,11,20H,5-10,17H2,1H3. The number of halogens is 1. The number of carbonyl (C=O) groups excluding carboxylic acids is 1. The zero-order valence-electron chi connectivity index (χ0n) is 12.3. The topological polar surface area (TPSA) is 69.8 Å². The lowest BCUT2D eigenvalue weighted by molar-refractivity contribution is 0.0541. The minimum Gasteiger partial charge on any atom is -0.398 e. The summed E-state index contributed by atoms with van der Waals surface area (Å²) >= 11 is 6.13. The van der Waals surface area contributed by atoms with Gasteiger partial charge in [0, 0.05) is 18.3 Å². The number of amides is 1. The summed E-state index contributed by atoms with van der Waals surface area (Å²) in [5.41, 5.74) is 6.62. The number of piperidine rings is 1. The third-order valence-electron chi connectivity index (χ3n) is 3.99. The Bertz CT molecular complexity index is 481. The molecule has 1 amide bonds. The van der Waals surface area contributed by atoms with Crippen LogP contribution in [0, 0.1) is 0 Å². The van der Waals surface area contributed by atoms with Gasteiger partial charge < -0.3 is 20.6 Å². The van der Waals surface area contributed by atoms with Crippen LogP contribution in [-0.4, -0.2) is 60.1 Å². The number of nitrogens with zero attached hydrogens (tertiary/aromatic N) is 2. The highest BCUT2D eigenvalue weighted by molar-refractivity contribution is 6.34. The fourth-order valence-corrected chi connectivity index (χ4v) is 3.04. The van der Waals surface area contributed by atoms with Crippen molar-refractivity contribution in [2.24, 2.45) is 0 Å². The molecule has 0 radical (unpaired) electrons. The van der Waals surface area contributed by atoms with Crippen molar-refractivity contribution in [3.05, 3.63) is 28.8 Å². The first kappa shape index (κ1) is 16.1. The number of hydrogen-bond acceptors (Lipinski definition) is 4. The molecule has 0 atom stereocenters. The first-order valence-corrected chi connectivity index (χ1v) is 7.56. The van der Waals surface area contributed by atoms with Gasteiger partial charge in [0.2, 0.25) is 0 Å². The lowest BCUT2D eigenvalue weighted by Gasteiger charge is -2.37. The van der Waals surface area contributed by atoms with E-state index in [0.29, 0.717) is 22.8 Å². The van der Waals surface area contributed by atoms with Gasteiger partial charge in [-0.05, 0) is 45.1 Å². The molecular formula is C15H22ClN3O2. The van der Waals surface area contributed by atoms with E-state index in [0.717, 1.165) is 25.9 Å². The molecule has 1 aromatic carbocycles. The van der Waals surface area contributed by atoms with Crippen LogP contribution in [0.4, 0.5) is 5.69 Å². The maximum Gasteiger partial charge on any atom is 0.257 e. The van der Waals surface area contributed by atoms with Crippen molar-refractivity contribution in [1.82, 2.24) is 9.80 Å². The Morgan fingerprint density at radius 1 is 1.48 bits per heavy atom. The predicted octanol–water partition coefficient (Wildman–Crippen LogP) is 1.45. The van der Waals surface area contributed by atoms with Crippen LogP contribution in [0.2, 0.25) is 5.02 Å². The molecule has 0 spiro atoms. The van der Waals surface area contributed by atoms with Gasteiger partial charge in [0.05, 0.1) is 17.2 Å². The summed E-state index contributed by atoms with van der Waals surface area (Å²) in [4.78, 5) is 16.7. The van der Waals surface area contributed by atoms with Gasteiger partial charge in [-0.2, -0.15) is 0 Å². The molecule has 0 unspecified atom stereocenters. The largest absolute Gasteiger partial charge is 0.398 e. The minimum absolute atomic E-state index is 0.0670. The van der Waals surface area contributed by atoms with E-state index in [2.05, 4.69) is 11.9 Å². The van der Waals surface area contributed by atoms with Gasteiger partial charge in [-0.1, -0.05) is 17.7 Å². The molecule has 1 aromatic rings. The number of likely N-dealkylation sites (tertiary alicyclic amines) is 1. The lowest BCUT2D eigenvalue weighted by Crippen LogP contribution is -2.47. The Hall–Kier alpha value is -1.30. The summed E-state index contributed by atoms with van der Waals surface area (Å²) < 4.78 is 0. The molecule has 0 saturated carbocycles. The summed E-state index contributed by atoms with van der Waals surface area (Å²) in [5, 5.41) is 9.64. The number of aliphatic hydroxyl groups is 1. The van der Waals surface area contributed by atoms with Crippen molar-refractivity contribution in [2.45, 2.75) is 18.9 Å². The quantitative estimate of drug-likeness (QED) is 0.826. The van der Waals surface area contributed by atoms with Crippen LogP contribution in [-0.2, 0) is 0 Å². The molecule has 116 valence electrons. The van der Waals surface area contributed by atoms with Gasteiger partial charge in [-0.3, -0.25) is 4.79 Å². The molecule has 1 aliphatic heterocycles. The zero-order chi connectivity index (χ0) is 15.4. The van der Waals surface area contributed by atoms with Crippen LogP contribution in [0.3, 0.4) is 0 Å². The molecule has 2 rings (SSSR count). The third kappa shape index (κ3) is 3.67. The molecule has 5 nitrogen and oxygen atoms in total. The first-order valence-electron chi connectivity index (χ1n) is 7.19. The van der Waals surface area contributed by atoms with Gasteiger partial charge in [0.1, 0.15) is 0 Å². The number of anilines is 1. The van der Waals surface area contributed by atoms with Crippen molar-refractivity contribution in [3.63, 3.8) is 0 Å². The molecule has 0 aliphatic carbocycles. The van der Waals surface area contributed by atoms with E-state index < -0.39 is 0 Å². The van der Waals surface area contributed by atoms with Crippen LogP contribution in [0.25, 0.3) is 0 Å². The molecule has 1 saturated heterocycles. The highest BCUT2D eigenvalue weighted by Crippen LogP contribution is 2.26. The average molecular weight is 312 g/mol. The Balaban J connectivity index is 2.23. The van der Waals surface area contributed by atoms with Crippen molar-refractivity contribution >= 4 is 23.2 Å². The van der Waals surface area contributed by atoms with Gasteiger partial charge in [-0.25, -0.2) is 0 Å². The Morgan fingerprint density at radius 2 is 2.14 bits per heavy atom. The van der Waals surface area contributed by atoms with Crippen LogP contribution >= 0.6 is 11.6 Å². The first-order chi connectivity index (χ1) is 10.0. The van der Waals surface area contributed by atoms with Crippen LogP contribution in [0.5, 0.6) is 0 Å². The monoisotopic (exact) mass is 311 g/mol. The van der Waals surface area contributed by atoms with Gasteiger partial charge in [-0.15, -0.1) is 0 Å². The third-order valence-corrected chi connectivity index (χ3v) is 4.31. The Labute approximate surface area is 130 Å². The normalized spacial score (nSPS) is 16.9. The van der Waals surface area contributed by atoms with E-state index in [1.807, 2.05) is 0 Å². The molecular weight excluding hydrogens is 290 g/mol. The summed E-state index contributed by atoms with van der Waals surface area (Å²) in [6, 6.07) is 5.18. The molecule has 0 bridgehead atoms. The van der Waals surface area contributed by atoms with E-state index in [1.165, 1.54) is 0 Å². The fraction of sp³-hybridized carbons (Fsp3) is 0.533. The number of benzene rings is 1. The van der Waals surface area contributed by atoms with Crippen molar-refractivity contribution in [3.8, 4) is 0 Å². The Morgan fingerprint density at radius 3 is 2.71 bits per heavy atom. The SMILES string of the molecule is CN1CCC(N(CCO)C(=O)c2c(N)cccc2Cl)CC1. The van der Waals surface area contributed by atoms with Crippen LogP contribution in [0.15, 0.2) is 18.2 Å². The van der Waals surface area contributed by atoms with E-state index in [1.54, 1.807) is 23.1 Å². The molecule has 21 heavy (non-hydrogen) atoms. The van der Waals surface area contributed by atoms with Gasteiger partial charge in [0.25, 0.3) is 5.91 Å². The molecule has 1 fully saturated rings. The predicted molar refractivity (Wildman–Crippen MR) is 84.5 cm³/mol. The second-order valence-electron chi connectivity index (χ2n) is 5.46. The van der Waals surface area contributed by atoms with Crippen LogP contribution in [0.1, 0.15) is 23.2 Å². The second-order valence-corrected chi connectivity index (χ2v) is 5.87. The molecule has 0 aromatic heterocycles. The average Bonchev–Trinajstić information content (AvgIpc) is 2.45. The molecule has 1 aliphatic rings. The number of hydrogen-bond donors (Lipinski definition) is 2. The maximum atomic E-state index is 12.8. The number of aliphatic hydroxyl groups excluding tert-OH is 1. The second kappa shape index (κ2) is 7.11. The lowest BCUT2D eigenvalue weighted by atomic mass is 10.0. The number of rotatable bonds is 4. The van der Waals surface area contributed by atoms with Gasteiger partial charge >= 0.3 is 0 Å². The highest BCUT2D eigenvalue weighted by Gasteiger charge is 2.29. The fourth-order valence-electron chi connectivity index (χ4n) is 2.77. The van der Waals surface area contributed by atoms with E-state index in [9.17, 15) is 9.90 Å². The molecule has 3 N–H and O–H groups in total. The number of nitrogen functional groups attached to an aromatic ring is 1. The van der Waals surface area contributed by atoms with Crippen LogP contribution < -0.4 is 5.73 Å². The van der Waals surface area contributed by atoms with Gasteiger partial charge in [0.15, 0.2) is 0 Å². The van der Waals surface area contributed by atoms with Crippen molar-refractivity contribution in [1.29, 1.82) is 0 Å². The molecule has 1 heterocycles. The van der Waals surface area contributed by atoms with E-state index >= 15 is 0 Å². The summed E-state index contributed by atoms with van der Waals surface area (Å²) in [6.07, 6.45) is 1.79. The highest BCUT2D eigenvalue weighted by atomic mass is 35.5. The summed E-state index contributed by atoms with van der Waals surface area (Å²) in [5.74, 6) is -0.193. The maximum absolute atomic E-state index is 12.8. The number of carbonyl (C=O) groups is 1. The smallest absolute Gasteiger partial charge is 0.257 e. The number of nitrogens with two attached hydrogens (primary N) is 1. The summed E-state index contributed by atoms with van der Waals surface area (Å²) in [6.45, 7) is 2.12. The zero-order valence-corrected chi connectivity index (χ0v) is 13.0. The van der Waals surface area contributed by atoms with Crippen molar-refractivity contribution in [2.75, 3.05) is 39.0 Å². The Kier molecular flexibility index (Phi) is 5.45. The summed E-state index contributed by atoms with van der Waals surface area (Å²) in [7, 11) is 2.07. The molecule has 6 heteroatoms. The van der Waals surface area contributed by atoms with Crippen molar-refractivity contribution < 1.29 is 9.90 Å².